The van der Waals surface area contributed by atoms with E-state index in [0.717, 1.165) is 16.7 Å². The van der Waals surface area contributed by atoms with Crippen molar-refractivity contribution in [3.05, 3.63) is 77.6 Å². The van der Waals surface area contributed by atoms with Gasteiger partial charge in [0.05, 0.1) is 18.2 Å². The number of para-hydroxylation sites is 1. The summed E-state index contributed by atoms with van der Waals surface area (Å²) in [5.41, 5.74) is 2.93. The highest BCUT2D eigenvalue weighted by atomic mass is 16.5. The fraction of sp³-hybridized carbons (Fsp3) is 0.0556. The fourth-order valence-corrected chi connectivity index (χ4v) is 2.38. The summed E-state index contributed by atoms with van der Waals surface area (Å²) in [4.78, 5) is 0. The first kappa shape index (κ1) is 13.0. The number of ether oxygens (including phenoxy) is 2. The Hall–Kier alpha value is -2.99. The Balaban J connectivity index is 2.33. The summed E-state index contributed by atoms with van der Waals surface area (Å²) < 4.78 is 11.2. The minimum atomic E-state index is 0.439. The van der Waals surface area contributed by atoms with Crippen molar-refractivity contribution >= 4 is 11.3 Å². The van der Waals surface area contributed by atoms with Gasteiger partial charge in [-0.3, -0.25) is 0 Å². The third-order valence-corrected chi connectivity index (χ3v) is 3.32. The van der Waals surface area contributed by atoms with Gasteiger partial charge >= 0.3 is 0 Å². The maximum absolute atomic E-state index is 9.45. The van der Waals surface area contributed by atoms with Crippen LogP contribution in [0.2, 0.25) is 0 Å². The molecule has 0 bridgehead atoms. The van der Waals surface area contributed by atoms with Crippen LogP contribution in [0.3, 0.4) is 0 Å². The average Bonchev–Trinajstić information content (AvgIpc) is 2.71. The predicted octanol–water partition coefficient (Wildman–Crippen LogP) is 4.00. The lowest BCUT2D eigenvalue weighted by atomic mass is 9.95. The largest absolute Gasteiger partial charge is 0.495 e. The first-order valence-electron chi connectivity index (χ1n) is 6.55. The number of fused-ring (bicyclic) bond motifs is 1. The van der Waals surface area contributed by atoms with Crippen LogP contribution in [0.5, 0.6) is 5.75 Å². The average molecular weight is 275 g/mol. The van der Waals surface area contributed by atoms with Crippen molar-refractivity contribution in [2.75, 3.05) is 7.11 Å². The van der Waals surface area contributed by atoms with E-state index >= 15 is 0 Å². The molecule has 0 fully saturated rings. The number of nitrogens with zero attached hydrogens (tertiary/aromatic N) is 1. The number of hydrogen-bond acceptors (Lipinski definition) is 3. The Labute approximate surface area is 123 Å². The van der Waals surface area contributed by atoms with E-state index in [1.807, 2.05) is 54.6 Å². The molecule has 0 spiro atoms. The molecule has 3 heteroatoms. The zero-order valence-electron chi connectivity index (χ0n) is 11.5. The van der Waals surface area contributed by atoms with E-state index < -0.39 is 0 Å². The molecule has 0 saturated carbocycles. The molecule has 2 aromatic rings. The zero-order valence-corrected chi connectivity index (χ0v) is 11.5. The number of benzene rings is 2. The lowest BCUT2D eigenvalue weighted by molar-refractivity contribution is 0.369. The minimum absolute atomic E-state index is 0.439. The third-order valence-electron chi connectivity index (χ3n) is 3.32. The number of methoxy groups -OCH3 is 1. The minimum Gasteiger partial charge on any atom is -0.495 e. The number of rotatable bonds is 2. The van der Waals surface area contributed by atoms with E-state index in [4.69, 9.17) is 9.47 Å². The molecule has 0 aliphatic carbocycles. The normalized spacial score (nSPS) is 13.4. The van der Waals surface area contributed by atoms with Crippen LogP contribution >= 0.6 is 0 Å². The van der Waals surface area contributed by atoms with Crippen LogP contribution in [-0.4, -0.2) is 7.11 Å². The Morgan fingerprint density at radius 3 is 2.43 bits per heavy atom. The first-order chi connectivity index (χ1) is 10.3. The molecule has 0 amide bonds. The summed E-state index contributed by atoms with van der Waals surface area (Å²) >= 11 is 0. The molecule has 0 N–H and O–H groups in total. The molecule has 21 heavy (non-hydrogen) atoms. The molecule has 1 aliphatic rings. The van der Waals surface area contributed by atoms with E-state index in [1.54, 1.807) is 7.11 Å². The van der Waals surface area contributed by atoms with Crippen molar-refractivity contribution < 1.29 is 9.47 Å². The molecule has 102 valence electrons. The van der Waals surface area contributed by atoms with Crippen LogP contribution in [0.25, 0.3) is 11.3 Å². The number of nitriles is 1. The maximum atomic E-state index is 9.45. The lowest BCUT2D eigenvalue weighted by Gasteiger charge is -2.13. The Kier molecular flexibility index (Phi) is 3.44. The highest BCUT2D eigenvalue weighted by Gasteiger charge is 2.22. The Morgan fingerprint density at radius 1 is 1.00 bits per heavy atom. The molecule has 0 unspecified atom stereocenters. The predicted molar refractivity (Wildman–Crippen MR) is 81.0 cm³/mol. The molecule has 0 aromatic heterocycles. The van der Waals surface area contributed by atoms with Gasteiger partial charge in [-0.15, -0.1) is 0 Å². The Bertz CT molecular complexity index is 767. The van der Waals surface area contributed by atoms with Crippen LogP contribution in [0.15, 0.2) is 66.4 Å². The standard InChI is InChI=1S/C18H13NO2/c1-20-18-15-9-5-6-10-16(15)21-12-14(11-19)17(18)13-7-3-2-4-8-13/h2-10,12H,1H3. The summed E-state index contributed by atoms with van der Waals surface area (Å²) in [6.45, 7) is 0. The van der Waals surface area contributed by atoms with Gasteiger partial charge in [-0.1, -0.05) is 42.5 Å². The topological polar surface area (TPSA) is 42.2 Å². The van der Waals surface area contributed by atoms with Gasteiger partial charge in [-0.25, -0.2) is 0 Å². The molecule has 3 rings (SSSR count). The molecule has 2 aromatic carbocycles. The van der Waals surface area contributed by atoms with Gasteiger partial charge in [0.1, 0.15) is 23.8 Å². The summed E-state index contributed by atoms with van der Waals surface area (Å²) in [6.07, 6.45) is 1.48. The van der Waals surface area contributed by atoms with Crippen molar-refractivity contribution in [2.24, 2.45) is 0 Å². The van der Waals surface area contributed by atoms with Gasteiger partial charge in [0.2, 0.25) is 0 Å². The number of allylic oxidation sites excluding steroid dienone is 2. The third kappa shape index (κ3) is 2.28. The summed E-state index contributed by atoms with van der Waals surface area (Å²) in [7, 11) is 1.61. The monoisotopic (exact) mass is 275 g/mol. The van der Waals surface area contributed by atoms with E-state index in [9.17, 15) is 5.26 Å². The fourth-order valence-electron chi connectivity index (χ4n) is 2.38. The molecule has 0 saturated heterocycles. The second-order valence-corrected chi connectivity index (χ2v) is 4.53. The SMILES string of the molecule is COC1=C(c2ccccc2)C(C#N)=COc2ccccc21. The Morgan fingerprint density at radius 2 is 1.71 bits per heavy atom. The highest BCUT2D eigenvalue weighted by Crippen LogP contribution is 2.38. The van der Waals surface area contributed by atoms with E-state index in [2.05, 4.69) is 6.07 Å². The van der Waals surface area contributed by atoms with Crippen molar-refractivity contribution in [1.29, 1.82) is 5.26 Å². The first-order valence-corrected chi connectivity index (χ1v) is 6.55. The van der Waals surface area contributed by atoms with E-state index in [1.165, 1.54) is 6.26 Å². The van der Waals surface area contributed by atoms with Gasteiger partial charge in [0, 0.05) is 5.57 Å². The second kappa shape index (κ2) is 5.56. The van der Waals surface area contributed by atoms with Gasteiger partial charge in [0.15, 0.2) is 0 Å². The molecule has 0 atom stereocenters. The zero-order chi connectivity index (χ0) is 14.7. The van der Waals surface area contributed by atoms with Crippen LogP contribution < -0.4 is 4.74 Å². The maximum Gasteiger partial charge on any atom is 0.139 e. The van der Waals surface area contributed by atoms with Crippen LogP contribution in [0, 0.1) is 11.3 Å². The van der Waals surface area contributed by atoms with Crippen molar-refractivity contribution in [3.8, 4) is 11.8 Å². The van der Waals surface area contributed by atoms with Gasteiger partial charge in [0.25, 0.3) is 0 Å². The molecule has 1 heterocycles. The van der Waals surface area contributed by atoms with Gasteiger partial charge < -0.3 is 9.47 Å². The molecule has 3 nitrogen and oxygen atoms in total. The molecular formula is C18H13NO2. The van der Waals surface area contributed by atoms with Crippen LogP contribution in [0.4, 0.5) is 0 Å². The van der Waals surface area contributed by atoms with Crippen molar-refractivity contribution in [1.82, 2.24) is 0 Å². The molecule has 1 aliphatic heterocycles. The summed E-state index contributed by atoms with van der Waals surface area (Å²) in [6, 6.07) is 19.5. The van der Waals surface area contributed by atoms with Crippen LogP contribution in [-0.2, 0) is 4.74 Å². The molecule has 0 radical (unpaired) electrons. The smallest absolute Gasteiger partial charge is 0.139 e. The van der Waals surface area contributed by atoms with E-state index in [-0.39, 0.29) is 0 Å². The van der Waals surface area contributed by atoms with Gasteiger partial charge in [-0.05, 0) is 17.7 Å². The van der Waals surface area contributed by atoms with E-state index in [0.29, 0.717) is 17.1 Å². The lowest BCUT2D eigenvalue weighted by Crippen LogP contribution is -1.96. The summed E-state index contributed by atoms with van der Waals surface area (Å²) in [5.74, 6) is 1.31. The number of hydrogen-bond donors (Lipinski definition) is 0. The summed E-state index contributed by atoms with van der Waals surface area (Å²) in [5, 5.41) is 9.45. The van der Waals surface area contributed by atoms with Gasteiger partial charge in [-0.2, -0.15) is 5.26 Å². The second-order valence-electron chi connectivity index (χ2n) is 4.53. The van der Waals surface area contributed by atoms with Crippen molar-refractivity contribution in [3.63, 3.8) is 0 Å². The highest BCUT2D eigenvalue weighted by molar-refractivity contribution is 5.99. The van der Waals surface area contributed by atoms with Crippen LogP contribution in [0.1, 0.15) is 11.1 Å². The molecular weight excluding hydrogens is 262 g/mol. The quantitative estimate of drug-likeness (QED) is 0.831. The van der Waals surface area contributed by atoms with Crippen molar-refractivity contribution in [2.45, 2.75) is 0 Å².